The van der Waals surface area contributed by atoms with Crippen LogP contribution in [0.1, 0.15) is 11.1 Å². The highest BCUT2D eigenvalue weighted by Gasteiger charge is 1.98. The maximum Gasteiger partial charge on any atom is 0.119 e. The number of ether oxygens (including phenoxy) is 1. The van der Waals surface area contributed by atoms with E-state index in [4.69, 9.17) is 9.84 Å². The van der Waals surface area contributed by atoms with Gasteiger partial charge in [-0.3, -0.25) is 0 Å². The maximum absolute atomic E-state index is 9.10. The average Bonchev–Trinajstić information content (AvgIpc) is 2.38. The van der Waals surface area contributed by atoms with Crippen LogP contribution in [0.2, 0.25) is 0 Å². The molecule has 2 heteroatoms. The van der Waals surface area contributed by atoms with E-state index in [0.29, 0.717) is 13.0 Å². The molecular weight excluding hydrogens is 224 g/mol. The first-order valence-electron chi connectivity index (χ1n) is 5.86. The summed E-state index contributed by atoms with van der Waals surface area (Å²) in [6.45, 7) is 4.04. The molecule has 2 aromatic rings. The Morgan fingerprint density at radius 1 is 0.944 bits per heavy atom. The fourth-order valence-corrected chi connectivity index (χ4v) is 1.68. The third kappa shape index (κ3) is 3.67. The Morgan fingerprint density at radius 3 is 2.22 bits per heavy atom. The molecule has 0 aliphatic heterocycles. The van der Waals surface area contributed by atoms with Crippen molar-refractivity contribution in [1.82, 2.24) is 0 Å². The Balaban J connectivity index is 1.92. The predicted octanol–water partition coefficient (Wildman–Crippen LogP) is 3.88. The molecule has 0 spiro atoms. The maximum atomic E-state index is 9.10. The van der Waals surface area contributed by atoms with E-state index < -0.39 is 0 Å². The average molecular weight is 240 g/mol. The van der Waals surface area contributed by atoms with E-state index >= 15 is 0 Å². The molecular formula is C16H16O2. The van der Waals surface area contributed by atoms with E-state index in [-0.39, 0.29) is 5.76 Å². The summed E-state index contributed by atoms with van der Waals surface area (Å²) < 4.78 is 5.67. The van der Waals surface area contributed by atoms with Crippen molar-refractivity contribution in [1.29, 1.82) is 0 Å². The van der Waals surface area contributed by atoms with Gasteiger partial charge in [-0.2, -0.15) is 0 Å². The minimum Gasteiger partial charge on any atom is -0.513 e. The van der Waals surface area contributed by atoms with Gasteiger partial charge in [-0.05, 0) is 23.3 Å². The molecule has 0 bridgehead atoms. The largest absolute Gasteiger partial charge is 0.513 e. The van der Waals surface area contributed by atoms with E-state index in [1.165, 1.54) is 0 Å². The normalized spacial score (nSPS) is 10.0. The lowest BCUT2D eigenvalue weighted by Crippen LogP contribution is -1.95. The first-order chi connectivity index (χ1) is 8.74. The first-order valence-corrected chi connectivity index (χ1v) is 5.86. The topological polar surface area (TPSA) is 29.5 Å². The van der Waals surface area contributed by atoms with Crippen LogP contribution in [0.5, 0.6) is 5.75 Å². The van der Waals surface area contributed by atoms with E-state index in [9.17, 15) is 0 Å². The molecule has 0 aliphatic carbocycles. The van der Waals surface area contributed by atoms with Crippen molar-refractivity contribution < 1.29 is 9.84 Å². The smallest absolute Gasteiger partial charge is 0.119 e. The van der Waals surface area contributed by atoms with E-state index in [0.717, 1.165) is 16.9 Å². The zero-order valence-electron chi connectivity index (χ0n) is 10.2. The van der Waals surface area contributed by atoms with Crippen LogP contribution in [-0.2, 0) is 13.0 Å². The molecule has 2 nitrogen and oxygen atoms in total. The number of benzene rings is 2. The molecule has 0 aliphatic rings. The van der Waals surface area contributed by atoms with Crippen molar-refractivity contribution in [2.75, 3.05) is 0 Å². The van der Waals surface area contributed by atoms with Gasteiger partial charge < -0.3 is 9.84 Å². The van der Waals surface area contributed by atoms with Crippen molar-refractivity contribution in [3.63, 3.8) is 0 Å². The lowest BCUT2D eigenvalue weighted by Gasteiger charge is -2.07. The Kier molecular flexibility index (Phi) is 4.02. The monoisotopic (exact) mass is 240 g/mol. The second-order valence-corrected chi connectivity index (χ2v) is 4.16. The van der Waals surface area contributed by atoms with Gasteiger partial charge in [-0.15, -0.1) is 0 Å². The number of hydrogen-bond acceptors (Lipinski definition) is 2. The molecule has 0 aromatic heterocycles. The van der Waals surface area contributed by atoms with Gasteiger partial charge in [0, 0.05) is 6.42 Å². The number of allylic oxidation sites excluding steroid dienone is 1. The molecule has 1 N–H and O–H groups in total. The van der Waals surface area contributed by atoms with Crippen molar-refractivity contribution in [3.8, 4) is 5.75 Å². The van der Waals surface area contributed by atoms with Crippen molar-refractivity contribution in [2.45, 2.75) is 13.0 Å². The van der Waals surface area contributed by atoms with Crippen molar-refractivity contribution >= 4 is 0 Å². The fourth-order valence-electron chi connectivity index (χ4n) is 1.68. The zero-order valence-corrected chi connectivity index (χ0v) is 10.2. The Morgan fingerprint density at radius 2 is 1.61 bits per heavy atom. The molecule has 0 fully saturated rings. The molecule has 2 rings (SSSR count). The van der Waals surface area contributed by atoms with E-state index in [2.05, 4.69) is 6.58 Å². The molecule has 0 atom stereocenters. The van der Waals surface area contributed by atoms with Crippen LogP contribution in [-0.4, -0.2) is 5.11 Å². The van der Waals surface area contributed by atoms with Gasteiger partial charge >= 0.3 is 0 Å². The Bertz CT molecular complexity index is 500. The number of hydrogen-bond donors (Lipinski definition) is 1. The minimum atomic E-state index is 0.174. The summed E-state index contributed by atoms with van der Waals surface area (Å²) in [5, 5.41) is 9.10. The van der Waals surface area contributed by atoms with Crippen molar-refractivity contribution in [2.24, 2.45) is 0 Å². The van der Waals surface area contributed by atoms with Gasteiger partial charge in [0.1, 0.15) is 12.4 Å². The highest BCUT2D eigenvalue weighted by Crippen LogP contribution is 2.15. The molecule has 2 aromatic carbocycles. The van der Waals surface area contributed by atoms with Crippen LogP contribution in [0.4, 0.5) is 0 Å². The van der Waals surface area contributed by atoms with Gasteiger partial charge in [0.05, 0.1) is 5.76 Å². The van der Waals surface area contributed by atoms with E-state index in [1.807, 2.05) is 54.6 Å². The van der Waals surface area contributed by atoms with Crippen LogP contribution >= 0.6 is 0 Å². The number of aliphatic hydroxyl groups excluding tert-OH is 1. The van der Waals surface area contributed by atoms with Gasteiger partial charge in [0.25, 0.3) is 0 Å². The van der Waals surface area contributed by atoms with Crippen LogP contribution in [0.25, 0.3) is 0 Å². The second kappa shape index (κ2) is 5.92. The predicted molar refractivity (Wildman–Crippen MR) is 72.7 cm³/mol. The summed E-state index contributed by atoms with van der Waals surface area (Å²) in [6, 6.07) is 17.7. The third-order valence-corrected chi connectivity index (χ3v) is 2.58. The van der Waals surface area contributed by atoms with Crippen molar-refractivity contribution in [3.05, 3.63) is 78.1 Å². The highest BCUT2D eigenvalue weighted by atomic mass is 16.5. The lowest BCUT2D eigenvalue weighted by molar-refractivity contribution is 0.306. The van der Waals surface area contributed by atoms with Crippen LogP contribution < -0.4 is 4.74 Å². The summed E-state index contributed by atoms with van der Waals surface area (Å²) in [6.07, 6.45) is 0.485. The SMILES string of the molecule is C=C(O)Cc1ccc(OCc2ccccc2)cc1. The molecule has 0 amide bonds. The highest BCUT2D eigenvalue weighted by molar-refractivity contribution is 5.29. The van der Waals surface area contributed by atoms with Crippen LogP contribution in [0, 0.1) is 0 Å². The van der Waals surface area contributed by atoms with Gasteiger partial charge in [0.2, 0.25) is 0 Å². The fraction of sp³-hybridized carbons (Fsp3) is 0.125. The molecule has 0 saturated carbocycles. The van der Waals surface area contributed by atoms with Crippen LogP contribution in [0.15, 0.2) is 66.9 Å². The summed E-state index contributed by atoms with van der Waals surface area (Å²) in [4.78, 5) is 0. The first kappa shape index (κ1) is 12.2. The summed E-state index contributed by atoms with van der Waals surface area (Å²) >= 11 is 0. The Hall–Kier alpha value is -2.22. The molecule has 0 unspecified atom stereocenters. The number of rotatable bonds is 5. The molecule has 0 heterocycles. The second-order valence-electron chi connectivity index (χ2n) is 4.16. The lowest BCUT2D eigenvalue weighted by atomic mass is 10.1. The molecule has 18 heavy (non-hydrogen) atoms. The van der Waals surface area contributed by atoms with Gasteiger partial charge in [0.15, 0.2) is 0 Å². The molecule has 92 valence electrons. The zero-order chi connectivity index (χ0) is 12.8. The van der Waals surface area contributed by atoms with Crippen LogP contribution in [0.3, 0.4) is 0 Å². The Labute approximate surface area is 107 Å². The van der Waals surface area contributed by atoms with Gasteiger partial charge in [-0.1, -0.05) is 49.0 Å². The standard InChI is InChI=1S/C16H16O2/c1-13(17)11-14-7-9-16(10-8-14)18-12-15-5-3-2-4-6-15/h2-10,17H,1,11-12H2. The summed E-state index contributed by atoms with van der Waals surface area (Å²) in [5.41, 5.74) is 2.17. The quantitative estimate of drug-likeness (QED) is 0.804. The summed E-state index contributed by atoms with van der Waals surface area (Å²) in [5.74, 6) is 0.999. The number of aliphatic hydroxyl groups is 1. The third-order valence-electron chi connectivity index (χ3n) is 2.58. The van der Waals surface area contributed by atoms with E-state index in [1.54, 1.807) is 0 Å². The molecule has 0 radical (unpaired) electrons. The molecule has 0 saturated heterocycles. The van der Waals surface area contributed by atoms with Gasteiger partial charge in [-0.25, -0.2) is 0 Å². The minimum absolute atomic E-state index is 0.174. The summed E-state index contributed by atoms with van der Waals surface area (Å²) in [7, 11) is 0.